The fourth-order valence-electron chi connectivity index (χ4n) is 3.11. The van der Waals surface area contributed by atoms with E-state index in [1.54, 1.807) is 0 Å². The molecule has 0 aliphatic heterocycles. The molecule has 1 heterocycles. The molecule has 8 heteroatoms. The molecule has 2 aromatic carbocycles. The minimum Gasteiger partial charge on any atom is -0.324 e. The van der Waals surface area contributed by atoms with Gasteiger partial charge in [-0.15, -0.1) is 0 Å². The van der Waals surface area contributed by atoms with E-state index < -0.39 is 10.5 Å². The highest BCUT2D eigenvalue weighted by Gasteiger charge is 2.14. The number of hydrogen-bond acceptors (Lipinski definition) is 5. The Morgan fingerprint density at radius 2 is 1.86 bits per heavy atom. The van der Waals surface area contributed by atoms with E-state index in [9.17, 15) is 19.7 Å². The maximum Gasteiger partial charge on any atom is 0.271 e. The highest BCUT2D eigenvalue weighted by molar-refractivity contribution is 5.92. The van der Waals surface area contributed by atoms with Crippen LogP contribution in [0.25, 0.3) is 10.9 Å². The molecule has 0 unspecified atom stereocenters. The third-order valence-electron chi connectivity index (χ3n) is 4.60. The van der Waals surface area contributed by atoms with Crippen LogP contribution in [0.1, 0.15) is 25.0 Å². The normalized spacial score (nSPS) is 10.8. The molecule has 1 aromatic heterocycles. The lowest BCUT2D eigenvalue weighted by molar-refractivity contribution is -0.384. The SMILES string of the molecule is CCc1cccc(CC)c1NC(=O)Cn1cnc2cc([N+](=O)[O-])ccc2c1=O. The molecule has 3 rings (SSSR count). The average molecular weight is 380 g/mol. The van der Waals surface area contributed by atoms with Gasteiger partial charge in [0.1, 0.15) is 6.54 Å². The molecule has 144 valence electrons. The molecule has 0 aliphatic rings. The number of carbonyl (C=O) groups is 1. The highest BCUT2D eigenvalue weighted by Crippen LogP contribution is 2.22. The zero-order valence-corrected chi connectivity index (χ0v) is 15.6. The number of fused-ring (bicyclic) bond motifs is 1. The number of carbonyl (C=O) groups excluding carboxylic acids is 1. The Labute approximate surface area is 161 Å². The van der Waals surface area contributed by atoms with Gasteiger partial charge in [0.2, 0.25) is 5.91 Å². The summed E-state index contributed by atoms with van der Waals surface area (Å²) in [5.74, 6) is -0.333. The van der Waals surface area contributed by atoms with E-state index in [1.165, 1.54) is 29.1 Å². The molecule has 0 fully saturated rings. The first-order valence-electron chi connectivity index (χ1n) is 8.98. The second-order valence-corrected chi connectivity index (χ2v) is 6.34. The lowest BCUT2D eigenvalue weighted by Gasteiger charge is -2.15. The first-order chi connectivity index (χ1) is 13.4. The van der Waals surface area contributed by atoms with Gasteiger partial charge in [-0.2, -0.15) is 0 Å². The number of anilines is 1. The van der Waals surface area contributed by atoms with Gasteiger partial charge in [-0.3, -0.25) is 24.3 Å². The fourth-order valence-corrected chi connectivity index (χ4v) is 3.11. The van der Waals surface area contributed by atoms with Gasteiger partial charge in [-0.25, -0.2) is 4.98 Å². The van der Waals surface area contributed by atoms with Gasteiger partial charge in [-0.05, 0) is 30.0 Å². The quantitative estimate of drug-likeness (QED) is 0.522. The summed E-state index contributed by atoms with van der Waals surface area (Å²) < 4.78 is 1.20. The van der Waals surface area contributed by atoms with Gasteiger partial charge < -0.3 is 5.32 Å². The molecule has 1 amide bonds. The van der Waals surface area contributed by atoms with Gasteiger partial charge in [0, 0.05) is 17.8 Å². The maximum absolute atomic E-state index is 12.6. The number of aryl methyl sites for hydroxylation is 2. The molecule has 28 heavy (non-hydrogen) atoms. The molecular weight excluding hydrogens is 360 g/mol. The van der Waals surface area contributed by atoms with Crippen molar-refractivity contribution in [1.29, 1.82) is 0 Å². The van der Waals surface area contributed by atoms with Crippen molar-refractivity contribution in [3.8, 4) is 0 Å². The summed E-state index contributed by atoms with van der Waals surface area (Å²) in [7, 11) is 0. The number of hydrogen-bond donors (Lipinski definition) is 1. The topological polar surface area (TPSA) is 107 Å². The van der Waals surface area contributed by atoms with E-state index >= 15 is 0 Å². The monoisotopic (exact) mass is 380 g/mol. The number of nitrogens with zero attached hydrogens (tertiary/aromatic N) is 3. The lowest BCUT2D eigenvalue weighted by Crippen LogP contribution is -2.28. The Bertz CT molecular complexity index is 1100. The van der Waals surface area contributed by atoms with E-state index in [0.29, 0.717) is 0 Å². The number of nitro benzene ring substituents is 1. The van der Waals surface area contributed by atoms with Crippen LogP contribution in [0.5, 0.6) is 0 Å². The number of nitro groups is 1. The van der Waals surface area contributed by atoms with Crippen LogP contribution in [-0.2, 0) is 24.2 Å². The van der Waals surface area contributed by atoms with Crippen molar-refractivity contribution in [1.82, 2.24) is 9.55 Å². The Balaban J connectivity index is 1.88. The predicted molar refractivity (Wildman–Crippen MR) is 106 cm³/mol. The van der Waals surface area contributed by atoms with Gasteiger partial charge in [-0.1, -0.05) is 32.0 Å². The summed E-state index contributed by atoms with van der Waals surface area (Å²) in [6.45, 7) is 3.84. The summed E-state index contributed by atoms with van der Waals surface area (Å²) in [6, 6.07) is 9.74. The summed E-state index contributed by atoms with van der Waals surface area (Å²) in [4.78, 5) is 39.6. The van der Waals surface area contributed by atoms with Crippen LogP contribution in [0, 0.1) is 10.1 Å². The Hall–Kier alpha value is -3.55. The van der Waals surface area contributed by atoms with E-state index in [1.807, 2.05) is 32.0 Å². The smallest absolute Gasteiger partial charge is 0.271 e. The van der Waals surface area contributed by atoms with Gasteiger partial charge in [0.05, 0.1) is 22.2 Å². The molecule has 3 aromatic rings. The fraction of sp³-hybridized carbons (Fsp3) is 0.250. The van der Waals surface area contributed by atoms with Crippen molar-refractivity contribution in [2.45, 2.75) is 33.2 Å². The molecule has 0 saturated carbocycles. The van der Waals surface area contributed by atoms with Crippen molar-refractivity contribution in [2.24, 2.45) is 0 Å². The molecular formula is C20H20N4O4. The largest absolute Gasteiger partial charge is 0.324 e. The summed E-state index contributed by atoms with van der Waals surface area (Å²) >= 11 is 0. The van der Waals surface area contributed by atoms with E-state index in [2.05, 4.69) is 10.3 Å². The summed E-state index contributed by atoms with van der Waals surface area (Å²) in [5.41, 5.74) is 2.51. The highest BCUT2D eigenvalue weighted by atomic mass is 16.6. The number of rotatable bonds is 6. The van der Waals surface area contributed by atoms with Gasteiger partial charge >= 0.3 is 0 Å². The molecule has 0 atom stereocenters. The Morgan fingerprint density at radius 1 is 1.18 bits per heavy atom. The summed E-state index contributed by atoms with van der Waals surface area (Å²) in [6.07, 6.45) is 2.79. The molecule has 0 saturated heterocycles. The minimum atomic E-state index is -0.545. The number of non-ortho nitro benzene ring substituents is 1. The third kappa shape index (κ3) is 3.75. The molecule has 0 aliphatic carbocycles. The van der Waals surface area contributed by atoms with Crippen molar-refractivity contribution in [2.75, 3.05) is 5.32 Å². The Morgan fingerprint density at radius 3 is 2.46 bits per heavy atom. The first-order valence-corrected chi connectivity index (χ1v) is 8.98. The zero-order chi connectivity index (χ0) is 20.3. The van der Waals surface area contributed by atoms with Gasteiger partial charge in [0.15, 0.2) is 0 Å². The number of aromatic nitrogens is 2. The van der Waals surface area contributed by atoms with Crippen molar-refractivity contribution < 1.29 is 9.72 Å². The van der Waals surface area contributed by atoms with Crippen LogP contribution in [-0.4, -0.2) is 20.4 Å². The lowest BCUT2D eigenvalue weighted by atomic mass is 10.0. The van der Waals surface area contributed by atoms with Crippen molar-refractivity contribution in [3.63, 3.8) is 0 Å². The van der Waals surface area contributed by atoms with Crippen LogP contribution in [0.15, 0.2) is 47.5 Å². The minimum absolute atomic E-state index is 0.141. The zero-order valence-electron chi connectivity index (χ0n) is 15.6. The number of benzene rings is 2. The second kappa shape index (κ2) is 7.99. The number of para-hydroxylation sites is 1. The van der Waals surface area contributed by atoms with E-state index in [4.69, 9.17) is 0 Å². The predicted octanol–water partition coefficient (Wildman–Crippen LogP) is 3.07. The van der Waals surface area contributed by atoms with Crippen LogP contribution < -0.4 is 10.9 Å². The number of amides is 1. The van der Waals surface area contributed by atoms with Gasteiger partial charge in [0.25, 0.3) is 11.2 Å². The standard InChI is InChI=1S/C20H20N4O4/c1-3-13-6-5-7-14(4-2)19(13)22-18(25)11-23-12-21-17-10-15(24(27)28)8-9-16(17)20(23)26/h5-10,12H,3-4,11H2,1-2H3,(H,22,25). The molecule has 1 N–H and O–H groups in total. The van der Waals surface area contributed by atoms with E-state index in [-0.39, 0.29) is 29.0 Å². The van der Waals surface area contributed by atoms with Crippen LogP contribution >= 0.6 is 0 Å². The van der Waals surface area contributed by atoms with Crippen molar-refractivity contribution in [3.05, 3.63) is 74.3 Å². The average Bonchev–Trinajstić information content (AvgIpc) is 2.69. The van der Waals surface area contributed by atoms with Crippen LogP contribution in [0.4, 0.5) is 11.4 Å². The Kier molecular flexibility index (Phi) is 5.49. The van der Waals surface area contributed by atoms with Crippen LogP contribution in [0.3, 0.4) is 0 Å². The molecule has 0 radical (unpaired) electrons. The van der Waals surface area contributed by atoms with Crippen molar-refractivity contribution >= 4 is 28.2 Å². The first kappa shape index (κ1) is 19.2. The number of nitrogens with one attached hydrogen (secondary N) is 1. The third-order valence-corrected chi connectivity index (χ3v) is 4.60. The maximum atomic E-state index is 12.6. The molecule has 8 nitrogen and oxygen atoms in total. The molecule has 0 bridgehead atoms. The van der Waals surface area contributed by atoms with E-state index in [0.717, 1.165) is 29.7 Å². The second-order valence-electron chi connectivity index (χ2n) is 6.34. The summed E-state index contributed by atoms with van der Waals surface area (Å²) in [5, 5.41) is 14.0. The molecule has 0 spiro atoms. The van der Waals surface area contributed by atoms with Crippen LogP contribution in [0.2, 0.25) is 0 Å².